The van der Waals surface area contributed by atoms with E-state index in [-0.39, 0.29) is 17.7 Å². The van der Waals surface area contributed by atoms with Gasteiger partial charge in [-0.2, -0.15) is 0 Å². The number of rotatable bonds is 6. The number of halogens is 1. The molecule has 27 heavy (non-hydrogen) atoms. The molecular formula is C21H21ClN4O. The molecule has 2 aromatic carbocycles. The Bertz CT molecular complexity index is 993. The van der Waals surface area contributed by atoms with Crippen molar-refractivity contribution in [3.8, 4) is 11.4 Å². The van der Waals surface area contributed by atoms with E-state index in [2.05, 4.69) is 39.8 Å². The molecule has 0 radical (unpaired) electrons. The average Bonchev–Trinajstić information content (AvgIpc) is 3.40. The first-order valence-corrected chi connectivity index (χ1v) is 9.38. The maximum atomic E-state index is 12.1. The van der Waals surface area contributed by atoms with Gasteiger partial charge in [0.2, 0.25) is 0 Å². The third-order valence-electron chi connectivity index (χ3n) is 5.25. The number of hydrogen-bond donors (Lipinski definition) is 1. The van der Waals surface area contributed by atoms with Gasteiger partial charge in [0.25, 0.3) is 0 Å². The van der Waals surface area contributed by atoms with Gasteiger partial charge in [-0.25, -0.2) is 0 Å². The van der Waals surface area contributed by atoms with E-state index in [0.29, 0.717) is 16.4 Å². The van der Waals surface area contributed by atoms with E-state index in [1.807, 2.05) is 23.7 Å². The van der Waals surface area contributed by atoms with E-state index >= 15 is 0 Å². The van der Waals surface area contributed by atoms with Crippen LogP contribution in [-0.4, -0.2) is 34.1 Å². The first kappa shape index (κ1) is 17.9. The van der Waals surface area contributed by atoms with Crippen LogP contribution in [0.3, 0.4) is 0 Å². The molecule has 0 atom stereocenters. The van der Waals surface area contributed by atoms with E-state index in [1.54, 1.807) is 19.2 Å². The Morgan fingerprint density at radius 2 is 1.93 bits per heavy atom. The predicted molar refractivity (Wildman–Crippen MR) is 106 cm³/mol. The number of benzene rings is 2. The van der Waals surface area contributed by atoms with Crippen LogP contribution >= 0.6 is 11.6 Å². The molecule has 1 aliphatic carbocycles. The minimum atomic E-state index is -0.0591. The van der Waals surface area contributed by atoms with Crippen LogP contribution in [0.1, 0.15) is 34.6 Å². The smallest absolute Gasteiger partial charge is 0.176 e. The molecule has 0 spiro atoms. The summed E-state index contributed by atoms with van der Waals surface area (Å²) in [4.78, 5) is 12.1. The fourth-order valence-electron chi connectivity index (χ4n) is 3.64. The maximum Gasteiger partial charge on any atom is 0.176 e. The highest BCUT2D eigenvalue weighted by Crippen LogP contribution is 2.53. The lowest BCUT2D eigenvalue weighted by Crippen LogP contribution is -2.18. The van der Waals surface area contributed by atoms with Crippen LogP contribution in [0.4, 0.5) is 0 Å². The van der Waals surface area contributed by atoms with Gasteiger partial charge in [-0.15, -0.1) is 10.2 Å². The Hall–Kier alpha value is -2.50. The molecule has 1 saturated carbocycles. The van der Waals surface area contributed by atoms with Crippen LogP contribution in [-0.2, 0) is 12.5 Å². The lowest BCUT2D eigenvalue weighted by atomic mass is 9.95. The van der Waals surface area contributed by atoms with Gasteiger partial charge in [0.1, 0.15) is 5.82 Å². The summed E-state index contributed by atoms with van der Waals surface area (Å²) in [6, 6.07) is 15.8. The second kappa shape index (κ2) is 6.91. The Kier molecular flexibility index (Phi) is 4.58. The van der Waals surface area contributed by atoms with Crippen molar-refractivity contribution in [3.63, 3.8) is 0 Å². The fourth-order valence-corrected chi connectivity index (χ4v) is 3.90. The molecule has 4 rings (SSSR count). The Labute approximate surface area is 163 Å². The summed E-state index contributed by atoms with van der Waals surface area (Å²) in [6.07, 6.45) is 2.13. The summed E-state index contributed by atoms with van der Waals surface area (Å²) in [5.74, 6) is 1.67. The molecule has 0 bridgehead atoms. The zero-order chi connectivity index (χ0) is 19.0. The average molecular weight is 381 g/mol. The summed E-state index contributed by atoms with van der Waals surface area (Å²) in [7, 11) is 3.72. The molecule has 0 unspecified atom stereocenters. The monoisotopic (exact) mass is 380 g/mol. The van der Waals surface area contributed by atoms with Gasteiger partial charge < -0.3 is 9.88 Å². The molecule has 1 N–H and O–H groups in total. The van der Waals surface area contributed by atoms with Crippen molar-refractivity contribution in [2.24, 2.45) is 7.05 Å². The van der Waals surface area contributed by atoms with Crippen molar-refractivity contribution in [1.29, 1.82) is 0 Å². The zero-order valence-corrected chi connectivity index (χ0v) is 16.1. The van der Waals surface area contributed by atoms with Crippen molar-refractivity contribution < 1.29 is 4.79 Å². The molecule has 138 valence electrons. The number of nitrogens with zero attached hydrogens (tertiary/aromatic N) is 3. The SMILES string of the molecule is CNCC(=O)c1ccc(-c2nnc(C3(c4ccccc4)CC3)n2C)c(Cl)c1. The highest BCUT2D eigenvalue weighted by molar-refractivity contribution is 6.33. The maximum absolute atomic E-state index is 12.1. The van der Waals surface area contributed by atoms with E-state index in [1.165, 1.54) is 5.56 Å². The lowest BCUT2D eigenvalue weighted by Gasteiger charge is -2.15. The van der Waals surface area contributed by atoms with Gasteiger partial charge in [-0.1, -0.05) is 48.0 Å². The molecule has 1 heterocycles. The molecule has 1 aliphatic rings. The third-order valence-corrected chi connectivity index (χ3v) is 5.56. The van der Waals surface area contributed by atoms with Crippen molar-refractivity contribution in [3.05, 3.63) is 70.5 Å². The van der Waals surface area contributed by atoms with Crippen molar-refractivity contribution >= 4 is 17.4 Å². The number of likely N-dealkylation sites (N-methyl/N-ethyl adjacent to an activating group) is 1. The zero-order valence-electron chi connectivity index (χ0n) is 15.4. The predicted octanol–water partition coefficient (Wildman–Crippen LogP) is 3.62. The van der Waals surface area contributed by atoms with Gasteiger partial charge >= 0.3 is 0 Å². The van der Waals surface area contributed by atoms with Gasteiger partial charge in [0.15, 0.2) is 11.6 Å². The number of hydrogen-bond acceptors (Lipinski definition) is 4. The molecule has 0 saturated heterocycles. The van der Waals surface area contributed by atoms with Crippen molar-refractivity contribution in [2.45, 2.75) is 18.3 Å². The topological polar surface area (TPSA) is 59.8 Å². The fraction of sp³-hybridized carbons (Fsp3) is 0.286. The molecule has 0 aliphatic heterocycles. The molecule has 1 aromatic heterocycles. The van der Waals surface area contributed by atoms with Crippen LogP contribution in [0.25, 0.3) is 11.4 Å². The van der Waals surface area contributed by atoms with Crippen LogP contribution in [0.15, 0.2) is 48.5 Å². The first-order valence-electron chi connectivity index (χ1n) is 9.00. The second-order valence-electron chi connectivity index (χ2n) is 7.00. The quantitative estimate of drug-likeness (QED) is 0.663. The summed E-state index contributed by atoms with van der Waals surface area (Å²) in [5.41, 5.74) is 2.58. The third kappa shape index (κ3) is 3.07. The molecule has 6 heteroatoms. The van der Waals surface area contributed by atoms with Gasteiger partial charge in [-0.3, -0.25) is 4.79 Å². The van der Waals surface area contributed by atoms with Gasteiger partial charge in [0, 0.05) is 18.2 Å². The molecule has 0 amide bonds. The number of carbonyl (C=O) groups is 1. The van der Waals surface area contributed by atoms with E-state index in [0.717, 1.165) is 24.2 Å². The van der Waals surface area contributed by atoms with E-state index in [4.69, 9.17) is 11.6 Å². The van der Waals surface area contributed by atoms with Crippen LogP contribution in [0.5, 0.6) is 0 Å². The van der Waals surface area contributed by atoms with Crippen molar-refractivity contribution in [2.75, 3.05) is 13.6 Å². The molecule has 3 aromatic rings. The standard InChI is InChI=1S/C21H21ClN4O/c1-23-13-18(27)14-8-9-16(17(22)12-14)19-24-25-20(26(19)2)21(10-11-21)15-6-4-3-5-7-15/h3-9,12,23H,10-11,13H2,1-2H3. The van der Waals surface area contributed by atoms with Gasteiger partial charge in [0.05, 0.1) is 17.0 Å². The summed E-state index contributed by atoms with van der Waals surface area (Å²) < 4.78 is 2.02. The van der Waals surface area contributed by atoms with Crippen LogP contribution < -0.4 is 5.32 Å². The largest absolute Gasteiger partial charge is 0.313 e. The second-order valence-corrected chi connectivity index (χ2v) is 7.41. The number of ketones is 1. The highest BCUT2D eigenvalue weighted by Gasteiger charge is 2.49. The summed E-state index contributed by atoms with van der Waals surface area (Å²) in [6.45, 7) is 0.281. The Morgan fingerprint density at radius 1 is 1.19 bits per heavy atom. The van der Waals surface area contributed by atoms with Crippen molar-refractivity contribution in [1.82, 2.24) is 20.1 Å². The number of carbonyl (C=O) groups excluding carboxylic acids is 1. The van der Waals surface area contributed by atoms with Crippen LogP contribution in [0, 0.1) is 0 Å². The molecule has 1 fully saturated rings. The van der Waals surface area contributed by atoms with Gasteiger partial charge in [-0.05, 0) is 37.6 Å². The number of Topliss-reactive ketones (excluding diaryl/α,β-unsaturated/α-hetero) is 1. The lowest BCUT2D eigenvalue weighted by molar-refractivity contribution is 0.0993. The Balaban J connectivity index is 1.70. The molecular weight excluding hydrogens is 360 g/mol. The number of aromatic nitrogens is 3. The molecule has 5 nitrogen and oxygen atoms in total. The minimum absolute atomic E-state index is 0.00520. The van der Waals surface area contributed by atoms with E-state index in [9.17, 15) is 4.79 Å². The number of nitrogens with one attached hydrogen (secondary N) is 1. The first-order chi connectivity index (χ1) is 13.1. The highest BCUT2D eigenvalue weighted by atomic mass is 35.5. The van der Waals surface area contributed by atoms with Crippen LogP contribution in [0.2, 0.25) is 5.02 Å². The Morgan fingerprint density at radius 3 is 2.56 bits per heavy atom. The normalized spacial score (nSPS) is 14.9. The summed E-state index contributed by atoms with van der Waals surface area (Å²) in [5, 5.41) is 12.3. The van der Waals surface area contributed by atoms with E-state index < -0.39 is 0 Å². The summed E-state index contributed by atoms with van der Waals surface area (Å²) >= 11 is 6.48. The minimum Gasteiger partial charge on any atom is -0.313 e.